The van der Waals surface area contributed by atoms with E-state index in [2.05, 4.69) is 20.3 Å². The highest BCUT2D eigenvalue weighted by atomic mass is 35.5. The number of pyridine rings is 1. The minimum Gasteiger partial charge on any atom is -0.373 e. The van der Waals surface area contributed by atoms with E-state index in [-0.39, 0.29) is 11.2 Å². The van der Waals surface area contributed by atoms with Gasteiger partial charge in [-0.2, -0.15) is 0 Å². The lowest BCUT2D eigenvalue weighted by molar-refractivity contribution is 0.555. The number of fused-ring (bicyclic) bond motifs is 1. The van der Waals surface area contributed by atoms with Crippen LogP contribution in [-0.2, 0) is 13.1 Å². The summed E-state index contributed by atoms with van der Waals surface area (Å²) in [6.45, 7) is 4.76. The Morgan fingerprint density at radius 2 is 1.81 bits per heavy atom. The summed E-state index contributed by atoms with van der Waals surface area (Å²) < 4.78 is 2.81. The molecule has 0 aromatic carbocycles. The number of H-pyrrole nitrogens is 1. The molecule has 3 aromatic heterocycles. The molecule has 0 aliphatic rings. The van der Waals surface area contributed by atoms with E-state index < -0.39 is 0 Å². The van der Waals surface area contributed by atoms with E-state index in [4.69, 9.17) is 11.6 Å². The van der Waals surface area contributed by atoms with Crippen molar-refractivity contribution in [2.24, 2.45) is 0 Å². The molecule has 0 bridgehead atoms. The molecule has 8 nitrogen and oxygen atoms in total. The van der Waals surface area contributed by atoms with Crippen molar-refractivity contribution in [2.75, 3.05) is 12.4 Å². The molecule has 0 radical (unpaired) electrons. The zero-order chi connectivity index (χ0) is 18.8. The number of halogens is 1. The SMILES string of the molecule is CCCn1c(=O)c2[nH]c(-c3cc(Cl)nc(NC)c3)nc2n(CCC)c1=O. The number of imidazole rings is 1. The summed E-state index contributed by atoms with van der Waals surface area (Å²) in [5.41, 5.74) is 0.686. The highest BCUT2D eigenvalue weighted by Crippen LogP contribution is 2.23. The van der Waals surface area contributed by atoms with Gasteiger partial charge in [0.2, 0.25) is 0 Å². The first-order valence-electron chi connectivity index (χ1n) is 8.59. The largest absolute Gasteiger partial charge is 0.373 e. The molecule has 0 aliphatic carbocycles. The summed E-state index contributed by atoms with van der Waals surface area (Å²) in [6, 6.07) is 3.43. The summed E-state index contributed by atoms with van der Waals surface area (Å²) >= 11 is 6.07. The first-order valence-corrected chi connectivity index (χ1v) is 8.97. The van der Waals surface area contributed by atoms with Crippen LogP contribution in [0.15, 0.2) is 21.7 Å². The van der Waals surface area contributed by atoms with Crippen LogP contribution in [-0.4, -0.2) is 31.1 Å². The average molecular weight is 377 g/mol. The number of hydrogen-bond donors (Lipinski definition) is 2. The van der Waals surface area contributed by atoms with Gasteiger partial charge in [0.15, 0.2) is 5.65 Å². The third kappa shape index (κ3) is 3.12. The van der Waals surface area contributed by atoms with E-state index in [0.29, 0.717) is 53.0 Å². The number of nitrogens with one attached hydrogen (secondary N) is 2. The molecule has 9 heteroatoms. The molecule has 26 heavy (non-hydrogen) atoms. The topological polar surface area (TPSA) is 97.6 Å². The van der Waals surface area contributed by atoms with Gasteiger partial charge in [-0.05, 0) is 25.0 Å². The second-order valence-corrected chi connectivity index (χ2v) is 6.38. The molecular formula is C17H21ClN6O2. The molecule has 0 saturated carbocycles. The zero-order valence-electron chi connectivity index (χ0n) is 15.0. The van der Waals surface area contributed by atoms with Crippen molar-refractivity contribution in [1.29, 1.82) is 0 Å². The molecule has 0 aliphatic heterocycles. The van der Waals surface area contributed by atoms with Gasteiger partial charge in [-0.3, -0.25) is 13.9 Å². The fourth-order valence-electron chi connectivity index (χ4n) is 2.91. The first-order chi connectivity index (χ1) is 12.5. The Labute approximate surface area is 154 Å². The van der Waals surface area contributed by atoms with E-state index in [1.807, 2.05) is 13.8 Å². The van der Waals surface area contributed by atoms with Crippen LogP contribution in [0.25, 0.3) is 22.6 Å². The Morgan fingerprint density at radius 1 is 1.12 bits per heavy atom. The van der Waals surface area contributed by atoms with Crippen molar-refractivity contribution in [3.8, 4) is 11.4 Å². The standard InChI is InChI=1S/C17H21ClN6O2/c1-4-6-23-15-13(16(25)24(7-5-2)17(23)26)21-14(22-15)10-8-11(18)20-12(9-10)19-3/h8-9H,4-7H2,1-3H3,(H,19,20)(H,21,22). The summed E-state index contributed by atoms with van der Waals surface area (Å²) in [6.07, 6.45) is 1.45. The van der Waals surface area contributed by atoms with Gasteiger partial charge in [0, 0.05) is 25.7 Å². The van der Waals surface area contributed by atoms with Crippen LogP contribution in [0.1, 0.15) is 26.7 Å². The summed E-state index contributed by atoms with van der Waals surface area (Å²) in [7, 11) is 1.74. The Balaban J connectivity index is 2.30. The van der Waals surface area contributed by atoms with Crippen molar-refractivity contribution in [2.45, 2.75) is 39.8 Å². The van der Waals surface area contributed by atoms with Crippen LogP contribution in [0, 0.1) is 0 Å². The highest BCUT2D eigenvalue weighted by molar-refractivity contribution is 6.29. The summed E-state index contributed by atoms with van der Waals surface area (Å²) in [5.74, 6) is 1.05. The number of rotatable bonds is 6. The van der Waals surface area contributed by atoms with Gasteiger partial charge >= 0.3 is 5.69 Å². The molecule has 0 atom stereocenters. The van der Waals surface area contributed by atoms with Crippen LogP contribution in [0.3, 0.4) is 0 Å². The maximum Gasteiger partial charge on any atom is 0.332 e. The molecule has 0 spiro atoms. The highest BCUT2D eigenvalue weighted by Gasteiger charge is 2.18. The van der Waals surface area contributed by atoms with E-state index in [0.717, 1.165) is 6.42 Å². The number of hydrogen-bond acceptors (Lipinski definition) is 5. The lowest BCUT2D eigenvalue weighted by Gasteiger charge is -2.09. The second kappa shape index (κ2) is 7.33. The summed E-state index contributed by atoms with van der Waals surface area (Å²) in [5, 5.41) is 3.24. The number of aromatic amines is 1. The van der Waals surface area contributed by atoms with Crippen molar-refractivity contribution in [3.63, 3.8) is 0 Å². The van der Waals surface area contributed by atoms with Gasteiger partial charge in [-0.1, -0.05) is 25.4 Å². The fourth-order valence-corrected chi connectivity index (χ4v) is 3.12. The Bertz CT molecular complexity index is 1070. The molecule has 0 amide bonds. The summed E-state index contributed by atoms with van der Waals surface area (Å²) in [4.78, 5) is 37.2. The molecular weight excluding hydrogens is 356 g/mol. The number of anilines is 1. The third-order valence-corrected chi connectivity index (χ3v) is 4.27. The van der Waals surface area contributed by atoms with Crippen molar-refractivity contribution in [1.82, 2.24) is 24.1 Å². The second-order valence-electron chi connectivity index (χ2n) is 5.99. The van der Waals surface area contributed by atoms with Crippen LogP contribution in [0.2, 0.25) is 5.15 Å². The Kier molecular flexibility index (Phi) is 5.13. The van der Waals surface area contributed by atoms with Crippen LogP contribution < -0.4 is 16.6 Å². The predicted molar refractivity (Wildman–Crippen MR) is 103 cm³/mol. The number of aryl methyl sites for hydroxylation is 1. The molecule has 2 N–H and O–H groups in total. The van der Waals surface area contributed by atoms with Gasteiger partial charge in [-0.15, -0.1) is 0 Å². The normalized spacial score (nSPS) is 11.2. The van der Waals surface area contributed by atoms with Crippen LogP contribution >= 0.6 is 11.6 Å². The molecule has 3 heterocycles. The van der Waals surface area contributed by atoms with Gasteiger partial charge < -0.3 is 10.3 Å². The fraction of sp³-hybridized carbons (Fsp3) is 0.412. The minimum absolute atomic E-state index is 0.307. The predicted octanol–water partition coefficient (Wildman–Crippen LogP) is 2.46. The lowest BCUT2D eigenvalue weighted by Crippen LogP contribution is -2.40. The monoisotopic (exact) mass is 376 g/mol. The lowest BCUT2D eigenvalue weighted by atomic mass is 10.2. The van der Waals surface area contributed by atoms with Gasteiger partial charge in [0.05, 0.1) is 0 Å². The third-order valence-electron chi connectivity index (χ3n) is 4.08. The molecule has 0 saturated heterocycles. The van der Waals surface area contributed by atoms with Gasteiger partial charge in [0.25, 0.3) is 5.56 Å². The first kappa shape index (κ1) is 18.2. The zero-order valence-corrected chi connectivity index (χ0v) is 15.7. The molecule has 3 rings (SSSR count). The minimum atomic E-state index is -0.355. The van der Waals surface area contributed by atoms with E-state index in [1.165, 1.54) is 4.57 Å². The Morgan fingerprint density at radius 3 is 2.46 bits per heavy atom. The van der Waals surface area contributed by atoms with E-state index in [1.54, 1.807) is 23.7 Å². The molecule has 0 fully saturated rings. The van der Waals surface area contributed by atoms with E-state index >= 15 is 0 Å². The maximum atomic E-state index is 12.8. The van der Waals surface area contributed by atoms with Gasteiger partial charge in [-0.25, -0.2) is 14.8 Å². The van der Waals surface area contributed by atoms with Crippen molar-refractivity contribution >= 4 is 28.6 Å². The van der Waals surface area contributed by atoms with Crippen molar-refractivity contribution in [3.05, 3.63) is 38.1 Å². The molecule has 3 aromatic rings. The number of aromatic nitrogens is 5. The average Bonchev–Trinajstić information content (AvgIpc) is 3.07. The van der Waals surface area contributed by atoms with E-state index in [9.17, 15) is 9.59 Å². The Hall–Kier alpha value is -2.61. The van der Waals surface area contributed by atoms with Crippen LogP contribution in [0.4, 0.5) is 5.82 Å². The molecule has 0 unspecified atom stereocenters. The quantitative estimate of drug-likeness (QED) is 0.644. The smallest absolute Gasteiger partial charge is 0.332 e. The van der Waals surface area contributed by atoms with Gasteiger partial charge in [0.1, 0.15) is 22.3 Å². The van der Waals surface area contributed by atoms with Crippen molar-refractivity contribution < 1.29 is 0 Å². The van der Waals surface area contributed by atoms with Crippen LogP contribution in [0.5, 0.6) is 0 Å². The number of nitrogens with zero attached hydrogens (tertiary/aromatic N) is 4. The maximum absolute atomic E-state index is 12.8. The molecule has 138 valence electrons.